The summed E-state index contributed by atoms with van der Waals surface area (Å²) in [4.78, 5) is 23.1. The molecule has 19 heavy (non-hydrogen) atoms. The van der Waals surface area contributed by atoms with Crippen LogP contribution in [0.3, 0.4) is 0 Å². The van der Waals surface area contributed by atoms with Crippen LogP contribution in [0.5, 0.6) is 0 Å². The number of hydrogen-bond acceptors (Lipinski definition) is 4. The monoisotopic (exact) mass is 263 g/mol. The van der Waals surface area contributed by atoms with E-state index in [0.29, 0.717) is 0 Å². The van der Waals surface area contributed by atoms with Crippen molar-refractivity contribution in [3.05, 3.63) is 35.9 Å². The molecule has 1 aliphatic carbocycles. The zero-order chi connectivity index (χ0) is 13.9. The molecule has 0 radical (unpaired) electrons. The first-order valence-electron chi connectivity index (χ1n) is 6.26. The minimum atomic E-state index is -1.92. The summed E-state index contributed by atoms with van der Waals surface area (Å²) in [5.41, 5.74) is 4.60. The Morgan fingerprint density at radius 2 is 1.95 bits per heavy atom. The van der Waals surface area contributed by atoms with Gasteiger partial charge in [0.15, 0.2) is 0 Å². The number of hydrogen-bond donors (Lipinski definition) is 2. The molecule has 0 aromatic heterocycles. The van der Waals surface area contributed by atoms with E-state index in [9.17, 15) is 9.59 Å². The topological polar surface area (TPSA) is 89.6 Å². The molecule has 3 N–H and O–H groups in total. The number of carbonyl (C=O) groups excluding carboxylic acids is 1. The van der Waals surface area contributed by atoms with E-state index in [1.54, 1.807) is 12.1 Å². The van der Waals surface area contributed by atoms with E-state index in [-0.39, 0.29) is 18.9 Å². The van der Waals surface area contributed by atoms with Crippen molar-refractivity contribution >= 4 is 11.9 Å². The Labute approximate surface area is 111 Å². The maximum atomic E-state index is 11.9. The van der Waals surface area contributed by atoms with Crippen LogP contribution < -0.4 is 5.73 Å². The highest BCUT2D eigenvalue weighted by Gasteiger charge is 2.47. The molecule has 1 aromatic carbocycles. The summed E-state index contributed by atoms with van der Waals surface area (Å²) in [7, 11) is 0. The number of nitrogens with two attached hydrogens (primary N) is 1. The largest absolute Gasteiger partial charge is 0.479 e. The van der Waals surface area contributed by atoms with Crippen molar-refractivity contribution in [2.45, 2.75) is 31.4 Å². The molecule has 1 saturated carbocycles. The molecule has 0 amide bonds. The fraction of sp³-hybridized carbons (Fsp3) is 0.429. The zero-order valence-electron chi connectivity index (χ0n) is 10.5. The summed E-state index contributed by atoms with van der Waals surface area (Å²) in [5.74, 6) is -1.96. The van der Waals surface area contributed by atoms with Gasteiger partial charge in [0.25, 0.3) is 0 Å². The van der Waals surface area contributed by atoms with Crippen LogP contribution in [0, 0.1) is 5.92 Å². The molecule has 2 rings (SSSR count). The highest BCUT2D eigenvalue weighted by atomic mass is 16.5. The summed E-state index contributed by atoms with van der Waals surface area (Å²) in [6.07, 6.45) is 2.01. The quantitative estimate of drug-likeness (QED) is 0.596. The van der Waals surface area contributed by atoms with Crippen molar-refractivity contribution < 1.29 is 19.4 Å². The Bertz CT molecular complexity index is 470. The molecule has 0 aliphatic heterocycles. The molecule has 1 aliphatic rings. The second kappa shape index (κ2) is 5.40. The Morgan fingerprint density at radius 3 is 2.47 bits per heavy atom. The Kier molecular flexibility index (Phi) is 3.85. The van der Waals surface area contributed by atoms with Crippen molar-refractivity contribution in [2.75, 3.05) is 0 Å². The molecular formula is C14H17NO4. The lowest BCUT2D eigenvalue weighted by atomic mass is 9.94. The minimum Gasteiger partial charge on any atom is -0.479 e. The van der Waals surface area contributed by atoms with Gasteiger partial charge in [-0.15, -0.1) is 0 Å². The first kappa shape index (κ1) is 13.5. The normalized spacial score (nSPS) is 17.5. The molecule has 1 aromatic rings. The van der Waals surface area contributed by atoms with Crippen molar-refractivity contribution in [3.63, 3.8) is 0 Å². The Balaban J connectivity index is 1.97. The lowest BCUT2D eigenvalue weighted by molar-refractivity contribution is -0.162. The van der Waals surface area contributed by atoms with E-state index in [4.69, 9.17) is 15.6 Å². The van der Waals surface area contributed by atoms with E-state index < -0.39 is 17.5 Å². The van der Waals surface area contributed by atoms with E-state index in [1.807, 2.05) is 18.2 Å². The second-order valence-corrected chi connectivity index (χ2v) is 4.99. The van der Waals surface area contributed by atoms with Crippen LogP contribution in [0.25, 0.3) is 0 Å². The first-order valence-corrected chi connectivity index (χ1v) is 6.26. The number of carbonyl (C=O) groups is 2. The van der Waals surface area contributed by atoms with Gasteiger partial charge in [0.2, 0.25) is 5.54 Å². The van der Waals surface area contributed by atoms with Gasteiger partial charge in [-0.05, 0) is 17.9 Å². The lowest BCUT2D eigenvalue weighted by Crippen LogP contribution is -2.56. The molecule has 0 spiro atoms. The fourth-order valence-corrected chi connectivity index (χ4v) is 1.89. The average Bonchev–Trinajstić information content (AvgIpc) is 3.20. The molecule has 5 nitrogen and oxygen atoms in total. The van der Waals surface area contributed by atoms with Gasteiger partial charge in [-0.25, -0.2) is 9.59 Å². The van der Waals surface area contributed by atoms with Gasteiger partial charge in [0.1, 0.15) is 6.61 Å². The smallest absolute Gasteiger partial charge is 0.338 e. The van der Waals surface area contributed by atoms with Gasteiger partial charge in [0.05, 0.1) is 0 Å². The number of aliphatic carboxylic acids is 1. The predicted molar refractivity (Wildman–Crippen MR) is 68.1 cm³/mol. The molecular weight excluding hydrogens is 246 g/mol. The number of benzene rings is 1. The van der Waals surface area contributed by atoms with Gasteiger partial charge in [-0.3, -0.25) is 0 Å². The van der Waals surface area contributed by atoms with Gasteiger partial charge >= 0.3 is 11.9 Å². The van der Waals surface area contributed by atoms with E-state index >= 15 is 0 Å². The first-order chi connectivity index (χ1) is 9.02. The van der Waals surface area contributed by atoms with Crippen molar-refractivity contribution in [1.29, 1.82) is 0 Å². The molecule has 0 saturated heterocycles. The van der Waals surface area contributed by atoms with E-state index in [1.165, 1.54) is 0 Å². The van der Waals surface area contributed by atoms with Crippen molar-refractivity contribution in [1.82, 2.24) is 0 Å². The molecule has 1 unspecified atom stereocenters. The number of esters is 1. The summed E-state index contributed by atoms with van der Waals surface area (Å²) in [6, 6.07) is 9.09. The molecule has 1 atom stereocenters. The van der Waals surface area contributed by atoms with Crippen molar-refractivity contribution in [2.24, 2.45) is 11.7 Å². The summed E-state index contributed by atoms with van der Waals surface area (Å²) < 4.78 is 5.04. The van der Waals surface area contributed by atoms with Crippen LogP contribution in [0.4, 0.5) is 0 Å². The van der Waals surface area contributed by atoms with Gasteiger partial charge in [-0.1, -0.05) is 43.2 Å². The van der Waals surface area contributed by atoms with Crippen LogP contribution in [0.1, 0.15) is 24.8 Å². The number of carboxylic acids is 1. The summed E-state index contributed by atoms with van der Waals surface area (Å²) in [6.45, 7) is 0.0383. The standard InChI is InChI=1S/C14H17NO4/c15-14(12(16)17,8-10-6-7-10)13(18)19-9-11-4-2-1-3-5-11/h1-5,10H,6-9,15H2,(H,16,17). The van der Waals surface area contributed by atoms with E-state index in [2.05, 4.69) is 0 Å². The molecule has 0 heterocycles. The minimum absolute atomic E-state index is 0.0383. The highest BCUT2D eigenvalue weighted by molar-refractivity contribution is 6.03. The van der Waals surface area contributed by atoms with Crippen LogP contribution >= 0.6 is 0 Å². The summed E-state index contributed by atoms with van der Waals surface area (Å²) >= 11 is 0. The Morgan fingerprint density at radius 1 is 1.32 bits per heavy atom. The summed E-state index contributed by atoms with van der Waals surface area (Å²) in [5, 5.41) is 9.15. The number of rotatable bonds is 6. The SMILES string of the molecule is NC(CC1CC1)(C(=O)O)C(=O)OCc1ccccc1. The maximum absolute atomic E-state index is 11.9. The van der Waals surface area contributed by atoms with Gasteiger partial charge in [0, 0.05) is 0 Å². The third-order valence-corrected chi connectivity index (χ3v) is 3.27. The van der Waals surface area contributed by atoms with Gasteiger partial charge < -0.3 is 15.6 Å². The molecule has 0 bridgehead atoms. The number of ether oxygens (including phenoxy) is 1. The van der Waals surface area contributed by atoms with E-state index in [0.717, 1.165) is 18.4 Å². The van der Waals surface area contributed by atoms with Crippen LogP contribution in [0.15, 0.2) is 30.3 Å². The predicted octanol–water partition coefficient (Wildman–Crippen LogP) is 1.31. The van der Waals surface area contributed by atoms with Crippen LogP contribution in [-0.2, 0) is 20.9 Å². The molecule has 1 fully saturated rings. The average molecular weight is 263 g/mol. The maximum Gasteiger partial charge on any atom is 0.338 e. The van der Waals surface area contributed by atoms with Crippen LogP contribution in [-0.4, -0.2) is 22.6 Å². The van der Waals surface area contributed by atoms with Crippen molar-refractivity contribution in [3.8, 4) is 0 Å². The fourth-order valence-electron chi connectivity index (χ4n) is 1.89. The Hall–Kier alpha value is -1.88. The van der Waals surface area contributed by atoms with Crippen LogP contribution in [0.2, 0.25) is 0 Å². The number of carboxylic acid groups (broad SMARTS) is 1. The third kappa shape index (κ3) is 3.32. The lowest BCUT2D eigenvalue weighted by Gasteiger charge is -2.22. The van der Waals surface area contributed by atoms with Gasteiger partial charge in [-0.2, -0.15) is 0 Å². The third-order valence-electron chi connectivity index (χ3n) is 3.27. The molecule has 102 valence electrons. The highest BCUT2D eigenvalue weighted by Crippen LogP contribution is 2.36. The second-order valence-electron chi connectivity index (χ2n) is 4.99. The molecule has 5 heteroatoms. The zero-order valence-corrected chi connectivity index (χ0v) is 10.5.